The summed E-state index contributed by atoms with van der Waals surface area (Å²) in [6, 6.07) is 11.9. The molecule has 0 aliphatic heterocycles. The fourth-order valence-corrected chi connectivity index (χ4v) is 2.36. The second kappa shape index (κ2) is 11.2. The molecule has 0 bridgehead atoms. The minimum Gasteiger partial charge on any atom is -0.490 e. The van der Waals surface area contributed by atoms with E-state index in [1.165, 1.54) is 12.3 Å². The van der Waals surface area contributed by atoms with Gasteiger partial charge in [-0.3, -0.25) is 9.59 Å². The number of nitrogens with zero attached hydrogens (tertiary/aromatic N) is 1. The number of rotatable bonds is 9. The number of carboxylic acid groups (broad SMARTS) is 1. The van der Waals surface area contributed by atoms with Crippen molar-refractivity contribution in [1.29, 1.82) is 0 Å². The average Bonchev–Trinajstić information content (AvgIpc) is 2.73. The second-order valence-corrected chi connectivity index (χ2v) is 6.03. The number of nitrogens with one attached hydrogen (secondary N) is 2. The van der Waals surface area contributed by atoms with Crippen LogP contribution in [-0.2, 0) is 20.8 Å². The molecule has 0 saturated carbocycles. The molecule has 2 amide bonds. The molecule has 2 aromatic carbocycles. The maximum Gasteiger partial charge on any atom is 0.341 e. The van der Waals surface area contributed by atoms with Gasteiger partial charge in [0.05, 0.1) is 12.8 Å². The average molecular weight is 413 g/mol. The number of hydrazone groups is 1. The molecule has 0 heterocycles. The summed E-state index contributed by atoms with van der Waals surface area (Å²) in [5, 5.41) is 15.0. The van der Waals surface area contributed by atoms with Crippen molar-refractivity contribution in [3.63, 3.8) is 0 Å². The summed E-state index contributed by atoms with van der Waals surface area (Å²) >= 11 is 0. The molecule has 0 fully saturated rings. The van der Waals surface area contributed by atoms with Crippen LogP contribution >= 0.6 is 0 Å². The lowest BCUT2D eigenvalue weighted by atomic mass is 10.1. The van der Waals surface area contributed by atoms with Crippen LogP contribution in [0.1, 0.15) is 25.0 Å². The third kappa shape index (κ3) is 6.93. The van der Waals surface area contributed by atoms with Gasteiger partial charge in [-0.25, -0.2) is 10.2 Å². The van der Waals surface area contributed by atoms with Crippen molar-refractivity contribution < 1.29 is 29.0 Å². The summed E-state index contributed by atoms with van der Waals surface area (Å²) in [7, 11) is 0. The molecule has 0 atom stereocenters. The minimum atomic E-state index is -1.11. The Kier molecular flexibility index (Phi) is 8.37. The highest BCUT2D eigenvalue weighted by molar-refractivity contribution is 6.39. The quantitative estimate of drug-likeness (QED) is 0.329. The van der Waals surface area contributed by atoms with Crippen molar-refractivity contribution in [2.45, 2.75) is 20.3 Å². The molecule has 158 valence electrons. The van der Waals surface area contributed by atoms with E-state index in [1.54, 1.807) is 31.2 Å². The summed E-state index contributed by atoms with van der Waals surface area (Å²) in [6.45, 7) is 3.64. The molecule has 0 aliphatic rings. The maximum absolute atomic E-state index is 11.9. The number of ether oxygens (including phenoxy) is 2. The van der Waals surface area contributed by atoms with Gasteiger partial charge in [0, 0.05) is 5.69 Å². The number of aliphatic carboxylic acids is 1. The van der Waals surface area contributed by atoms with Crippen LogP contribution in [-0.4, -0.2) is 42.3 Å². The molecular weight excluding hydrogens is 390 g/mol. The first-order chi connectivity index (χ1) is 14.4. The number of aryl methyl sites for hydroxylation is 1. The van der Waals surface area contributed by atoms with Crippen LogP contribution in [0.25, 0.3) is 0 Å². The van der Waals surface area contributed by atoms with Crippen molar-refractivity contribution in [3.8, 4) is 11.5 Å². The lowest BCUT2D eigenvalue weighted by molar-refractivity contribution is -0.139. The molecule has 0 spiro atoms. The topological polar surface area (TPSA) is 126 Å². The SMILES string of the molecule is CCOc1cc(/C=N\NC(=O)C(=O)Nc2ccc(CC)cc2)ccc1OCC(=O)O. The van der Waals surface area contributed by atoms with Crippen LogP contribution in [0.4, 0.5) is 5.69 Å². The lowest BCUT2D eigenvalue weighted by Gasteiger charge is -2.11. The predicted octanol–water partition coefficient (Wildman–Crippen LogP) is 2.20. The molecule has 0 saturated heterocycles. The van der Waals surface area contributed by atoms with Gasteiger partial charge in [0.2, 0.25) is 0 Å². The number of carboxylic acids is 1. The Morgan fingerprint density at radius 3 is 2.37 bits per heavy atom. The number of hydrogen-bond acceptors (Lipinski definition) is 6. The molecule has 0 aliphatic carbocycles. The zero-order valence-corrected chi connectivity index (χ0v) is 16.7. The fourth-order valence-electron chi connectivity index (χ4n) is 2.36. The molecule has 2 aromatic rings. The van der Waals surface area contributed by atoms with E-state index in [9.17, 15) is 14.4 Å². The van der Waals surface area contributed by atoms with Gasteiger partial charge >= 0.3 is 17.8 Å². The summed E-state index contributed by atoms with van der Waals surface area (Å²) < 4.78 is 10.6. The van der Waals surface area contributed by atoms with Crippen LogP contribution < -0.4 is 20.2 Å². The van der Waals surface area contributed by atoms with Crippen molar-refractivity contribution in [1.82, 2.24) is 5.43 Å². The first-order valence-electron chi connectivity index (χ1n) is 9.27. The van der Waals surface area contributed by atoms with Gasteiger partial charge in [-0.2, -0.15) is 5.10 Å². The normalized spacial score (nSPS) is 10.5. The standard InChI is InChI=1S/C21H23N3O6/c1-3-14-5-8-16(9-6-14)23-20(27)21(28)24-22-12-15-7-10-17(30-13-19(25)26)18(11-15)29-4-2/h5-12H,3-4,13H2,1-2H3,(H,23,27)(H,24,28)(H,25,26)/b22-12-. The van der Waals surface area contributed by atoms with Crippen LogP contribution in [0.15, 0.2) is 47.6 Å². The Bertz CT molecular complexity index is 925. The van der Waals surface area contributed by atoms with E-state index in [1.807, 2.05) is 19.1 Å². The molecule has 9 heteroatoms. The summed E-state index contributed by atoms with van der Waals surface area (Å²) in [5.41, 5.74) is 4.33. The third-order valence-electron chi connectivity index (χ3n) is 3.82. The molecule has 0 unspecified atom stereocenters. The van der Waals surface area contributed by atoms with E-state index in [2.05, 4.69) is 15.8 Å². The zero-order valence-electron chi connectivity index (χ0n) is 16.7. The second-order valence-electron chi connectivity index (χ2n) is 6.03. The zero-order chi connectivity index (χ0) is 21.9. The van der Waals surface area contributed by atoms with Crippen molar-refractivity contribution in [3.05, 3.63) is 53.6 Å². The van der Waals surface area contributed by atoms with Gasteiger partial charge in [0.1, 0.15) is 0 Å². The van der Waals surface area contributed by atoms with Gasteiger partial charge in [0.15, 0.2) is 18.1 Å². The van der Waals surface area contributed by atoms with Crippen LogP contribution in [0.5, 0.6) is 11.5 Å². The van der Waals surface area contributed by atoms with Gasteiger partial charge in [-0.05, 0) is 54.8 Å². The molecule has 2 rings (SSSR count). The number of anilines is 1. The largest absolute Gasteiger partial charge is 0.490 e. The molecule has 30 heavy (non-hydrogen) atoms. The summed E-state index contributed by atoms with van der Waals surface area (Å²) in [5.74, 6) is -2.26. The molecule has 9 nitrogen and oxygen atoms in total. The van der Waals surface area contributed by atoms with Crippen molar-refractivity contribution >= 4 is 29.7 Å². The number of carbonyl (C=O) groups is 3. The summed E-state index contributed by atoms with van der Waals surface area (Å²) in [4.78, 5) is 34.5. The Morgan fingerprint density at radius 2 is 1.73 bits per heavy atom. The van der Waals surface area contributed by atoms with Crippen molar-refractivity contribution in [2.24, 2.45) is 5.10 Å². The highest BCUT2D eigenvalue weighted by Crippen LogP contribution is 2.28. The molecular formula is C21H23N3O6. The highest BCUT2D eigenvalue weighted by Gasteiger charge is 2.13. The van der Waals surface area contributed by atoms with Gasteiger partial charge in [-0.15, -0.1) is 0 Å². The minimum absolute atomic E-state index is 0.272. The van der Waals surface area contributed by atoms with Gasteiger partial charge in [-0.1, -0.05) is 19.1 Å². The van der Waals surface area contributed by atoms with E-state index in [0.717, 1.165) is 12.0 Å². The van der Waals surface area contributed by atoms with E-state index in [-0.39, 0.29) is 5.75 Å². The van der Waals surface area contributed by atoms with Crippen LogP contribution in [0, 0.1) is 0 Å². The van der Waals surface area contributed by atoms with Crippen molar-refractivity contribution in [2.75, 3.05) is 18.5 Å². The molecule has 0 radical (unpaired) electrons. The number of amides is 2. The number of benzene rings is 2. The van der Waals surface area contributed by atoms with E-state index in [4.69, 9.17) is 14.6 Å². The Morgan fingerprint density at radius 1 is 1.00 bits per heavy atom. The van der Waals surface area contributed by atoms with E-state index < -0.39 is 24.4 Å². The van der Waals surface area contributed by atoms with E-state index in [0.29, 0.717) is 23.6 Å². The smallest absolute Gasteiger partial charge is 0.341 e. The Balaban J connectivity index is 1.95. The Labute approximate surface area is 173 Å². The number of hydrogen-bond donors (Lipinski definition) is 3. The van der Waals surface area contributed by atoms with Gasteiger partial charge in [0.25, 0.3) is 0 Å². The Hall–Kier alpha value is -3.88. The number of carbonyl (C=O) groups excluding carboxylic acids is 2. The molecule has 0 aromatic heterocycles. The summed E-state index contributed by atoms with van der Waals surface area (Å²) in [6.07, 6.45) is 2.20. The molecule has 3 N–H and O–H groups in total. The maximum atomic E-state index is 11.9. The van der Waals surface area contributed by atoms with Gasteiger partial charge < -0.3 is 19.9 Å². The monoisotopic (exact) mass is 413 g/mol. The first kappa shape index (κ1) is 22.4. The lowest BCUT2D eigenvalue weighted by Crippen LogP contribution is -2.32. The van der Waals surface area contributed by atoms with Crippen LogP contribution in [0.2, 0.25) is 0 Å². The first-order valence-corrected chi connectivity index (χ1v) is 9.27. The highest BCUT2D eigenvalue weighted by atomic mass is 16.5. The fraction of sp³-hybridized carbons (Fsp3) is 0.238. The predicted molar refractivity (Wildman–Crippen MR) is 111 cm³/mol. The third-order valence-corrected chi connectivity index (χ3v) is 3.82. The van der Waals surface area contributed by atoms with E-state index >= 15 is 0 Å². The van der Waals surface area contributed by atoms with Crippen LogP contribution in [0.3, 0.4) is 0 Å².